The van der Waals surface area contributed by atoms with E-state index in [1.165, 1.54) is 11.1 Å². The van der Waals surface area contributed by atoms with Crippen molar-refractivity contribution in [3.63, 3.8) is 0 Å². The highest BCUT2D eigenvalue weighted by molar-refractivity contribution is 6.32. The Hall–Kier alpha value is -5.46. The predicted molar refractivity (Wildman–Crippen MR) is 213 cm³/mol. The SMILES string of the molecule is CC1(C)C(=CC=C2CCCC(C=CC3=[N+](Cc4ccc(C(=O)O)cc4)c4ccccc4C3(C)C)=C2Cl)N(Cc2ccc(C(=O)O)cc2)c2ccccc21. The van der Waals surface area contributed by atoms with Crippen molar-refractivity contribution in [2.24, 2.45) is 0 Å². The van der Waals surface area contributed by atoms with Gasteiger partial charge in [-0.25, -0.2) is 9.59 Å². The number of para-hydroxylation sites is 2. The molecule has 2 N–H and O–H groups in total. The number of hydrogen-bond donors (Lipinski definition) is 2. The molecule has 0 saturated carbocycles. The lowest BCUT2D eigenvalue weighted by atomic mass is 9.81. The minimum atomic E-state index is -0.930. The van der Waals surface area contributed by atoms with Crippen molar-refractivity contribution in [2.75, 3.05) is 4.90 Å². The molecular formula is C46H44ClN2O4+. The van der Waals surface area contributed by atoms with Crippen LogP contribution in [0.25, 0.3) is 0 Å². The molecule has 4 aromatic carbocycles. The first-order valence-corrected chi connectivity index (χ1v) is 18.5. The maximum absolute atomic E-state index is 11.5. The summed E-state index contributed by atoms with van der Waals surface area (Å²) in [4.78, 5) is 25.3. The van der Waals surface area contributed by atoms with Crippen molar-refractivity contribution in [3.8, 4) is 0 Å². The molecule has 1 aliphatic carbocycles. The Morgan fingerprint density at radius 2 is 1.34 bits per heavy atom. The van der Waals surface area contributed by atoms with E-state index < -0.39 is 11.9 Å². The van der Waals surface area contributed by atoms with Crippen LogP contribution in [0, 0.1) is 0 Å². The zero-order chi connectivity index (χ0) is 37.5. The maximum atomic E-state index is 11.5. The molecule has 0 fully saturated rings. The van der Waals surface area contributed by atoms with Gasteiger partial charge in [0.1, 0.15) is 0 Å². The molecule has 0 unspecified atom stereocenters. The van der Waals surface area contributed by atoms with Crippen LogP contribution in [0.2, 0.25) is 0 Å². The van der Waals surface area contributed by atoms with E-state index in [0.29, 0.717) is 13.1 Å². The molecule has 0 aromatic heterocycles. The summed E-state index contributed by atoms with van der Waals surface area (Å²) >= 11 is 7.25. The molecule has 2 heterocycles. The molecule has 268 valence electrons. The summed E-state index contributed by atoms with van der Waals surface area (Å²) in [5, 5.41) is 19.6. The van der Waals surface area contributed by atoms with E-state index >= 15 is 0 Å². The Balaban J connectivity index is 1.22. The van der Waals surface area contributed by atoms with Crippen LogP contribution in [0.1, 0.15) is 89.9 Å². The lowest BCUT2D eigenvalue weighted by molar-refractivity contribution is -0.455. The van der Waals surface area contributed by atoms with E-state index in [2.05, 4.69) is 110 Å². The van der Waals surface area contributed by atoms with Gasteiger partial charge in [-0.05, 0) is 91.8 Å². The average Bonchev–Trinajstić information content (AvgIpc) is 3.49. The second kappa shape index (κ2) is 14.2. The van der Waals surface area contributed by atoms with Gasteiger partial charge in [-0.15, -0.1) is 0 Å². The molecule has 0 bridgehead atoms. The van der Waals surface area contributed by atoms with E-state index in [4.69, 9.17) is 11.6 Å². The van der Waals surface area contributed by atoms with E-state index in [1.54, 1.807) is 24.3 Å². The van der Waals surface area contributed by atoms with Gasteiger partial charge in [-0.1, -0.05) is 98.3 Å². The Morgan fingerprint density at radius 3 is 2.00 bits per heavy atom. The largest absolute Gasteiger partial charge is 0.478 e. The number of fused-ring (bicyclic) bond motifs is 2. The second-order valence-corrected chi connectivity index (χ2v) is 15.5. The summed E-state index contributed by atoms with van der Waals surface area (Å²) in [7, 11) is 0. The second-order valence-electron chi connectivity index (χ2n) is 15.1. The topological polar surface area (TPSA) is 80.9 Å². The van der Waals surface area contributed by atoms with Gasteiger partial charge in [-0.3, -0.25) is 0 Å². The minimum Gasteiger partial charge on any atom is -0.478 e. The third-order valence-corrected chi connectivity index (χ3v) is 11.5. The summed E-state index contributed by atoms with van der Waals surface area (Å²) < 4.78 is 2.34. The number of aromatic carboxylic acids is 2. The first-order valence-electron chi connectivity index (χ1n) is 18.1. The van der Waals surface area contributed by atoms with Gasteiger partial charge < -0.3 is 15.1 Å². The van der Waals surface area contributed by atoms with Crippen LogP contribution in [0.3, 0.4) is 0 Å². The molecule has 7 rings (SSSR count). The fourth-order valence-electron chi connectivity index (χ4n) is 8.06. The van der Waals surface area contributed by atoms with Crippen LogP contribution in [0.15, 0.2) is 143 Å². The van der Waals surface area contributed by atoms with E-state index in [1.807, 2.05) is 24.3 Å². The summed E-state index contributed by atoms with van der Waals surface area (Å²) in [6.45, 7) is 10.2. The minimum absolute atomic E-state index is 0.251. The van der Waals surface area contributed by atoms with Crippen molar-refractivity contribution in [3.05, 3.63) is 177 Å². The lowest BCUT2D eigenvalue weighted by Crippen LogP contribution is -2.27. The molecule has 0 atom stereocenters. The highest BCUT2D eigenvalue weighted by atomic mass is 35.5. The van der Waals surface area contributed by atoms with Crippen molar-refractivity contribution in [2.45, 2.75) is 70.9 Å². The van der Waals surface area contributed by atoms with Crippen LogP contribution in [-0.2, 0) is 23.9 Å². The van der Waals surface area contributed by atoms with Crippen LogP contribution < -0.4 is 4.90 Å². The van der Waals surface area contributed by atoms with Gasteiger partial charge in [0.05, 0.1) is 16.5 Å². The molecule has 2 aliphatic heterocycles. The number of nitrogens with zero attached hydrogens (tertiary/aromatic N) is 2. The first kappa shape index (κ1) is 35.9. The van der Waals surface area contributed by atoms with Crippen molar-refractivity contribution in [1.82, 2.24) is 0 Å². The first-order chi connectivity index (χ1) is 25.4. The smallest absolute Gasteiger partial charge is 0.335 e. The normalized spacial score (nSPS) is 19.0. The molecule has 0 radical (unpaired) electrons. The number of carboxylic acids is 2. The van der Waals surface area contributed by atoms with Gasteiger partial charge >= 0.3 is 11.9 Å². The quantitative estimate of drug-likeness (QED) is 0.168. The van der Waals surface area contributed by atoms with Gasteiger partial charge in [-0.2, -0.15) is 4.58 Å². The van der Waals surface area contributed by atoms with Gasteiger partial charge in [0.15, 0.2) is 12.3 Å². The molecule has 3 aliphatic rings. The highest BCUT2D eigenvalue weighted by Crippen LogP contribution is 2.48. The van der Waals surface area contributed by atoms with E-state index in [-0.39, 0.29) is 22.0 Å². The standard InChI is InChI=1S/C46H43ClN2O4/c1-45(2)36-12-5-7-14-38(36)48(28-30-16-20-34(21-17-30)43(50)51)40(45)26-24-32-10-9-11-33(42(32)47)25-27-41-46(3,4)37-13-6-8-15-39(37)49(41)29-31-18-22-35(23-19-31)44(52)53/h5-8,12-27H,9-11,28-29H2,1-4H3,(H-,50,51,52,53)/p+1. The molecule has 53 heavy (non-hydrogen) atoms. The number of carbonyl (C=O) groups is 2. The van der Waals surface area contributed by atoms with Gasteiger partial charge in [0.2, 0.25) is 5.69 Å². The fourth-order valence-corrected chi connectivity index (χ4v) is 8.38. The fraction of sp³-hybridized carbons (Fsp3) is 0.239. The van der Waals surface area contributed by atoms with Gasteiger partial charge in [0.25, 0.3) is 0 Å². The van der Waals surface area contributed by atoms with Gasteiger partial charge in [0, 0.05) is 51.6 Å². The Morgan fingerprint density at radius 1 is 0.736 bits per heavy atom. The molecule has 0 saturated heterocycles. The molecular weight excluding hydrogens is 680 g/mol. The molecule has 6 nitrogen and oxygen atoms in total. The number of allylic oxidation sites excluding steroid dienone is 8. The Labute approximate surface area is 316 Å². The van der Waals surface area contributed by atoms with E-state index in [9.17, 15) is 19.8 Å². The molecule has 7 heteroatoms. The lowest BCUT2D eigenvalue weighted by Gasteiger charge is -2.27. The number of benzene rings is 4. The Kier molecular flexibility index (Phi) is 9.60. The van der Waals surface area contributed by atoms with Crippen LogP contribution in [0.5, 0.6) is 0 Å². The highest BCUT2D eigenvalue weighted by Gasteiger charge is 2.44. The monoisotopic (exact) mass is 723 g/mol. The summed E-state index contributed by atoms with van der Waals surface area (Å²) in [5.74, 6) is -1.86. The number of carboxylic acid groups (broad SMARTS) is 2. The third kappa shape index (κ3) is 6.80. The average molecular weight is 724 g/mol. The maximum Gasteiger partial charge on any atom is 0.335 e. The number of rotatable bonds is 9. The number of halogens is 1. The molecule has 0 amide bonds. The van der Waals surface area contributed by atoms with E-state index in [0.717, 1.165) is 69.4 Å². The predicted octanol–water partition coefficient (Wildman–Crippen LogP) is 10.7. The summed E-state index contributed by atoms with van der Waals surface area (Å²) in [6.07, 6.45) is 11.6. The summed E-state index contributed by atoms with van der Waals surface area (Å²) in [5.41, 5.74) is 11.5. The van der Waals surface area contributed by atoms with Crippen LogP contribution in [-0.4, -0.2) is 32.4 Å². The number of hydrogen-bond acceptors (Lipinski definition) is 3. The van der Waals surface area contributed by atoms with Crippen molar-refractivity contribution >= 4 is 40.6 Å². The zero-order valence-electron chi connectivity index (χ0n) is 30.6. The Bertz CT molecular complexity index is 2270. The number of anilines is 1. The summed E-state index contributed by atoms with van der Waals surface area (Å²) in [6, 6.07) is 31.2. The molecule has 4 aromatic rings. The zero-order valence-corrected chi connectivity index (χ0v) is 31.3. The van der Waals surface area contributed by atoms with Crippen molar-refractivity contribution < 1.29 is 24.4 Å². The van der Waals surface area contributed by atoms with Crippen molar-refractivity contribution in [1.29, 1.82) is 0 Å². The third-order valence-electron chi connectivity index (χ3n) is 11.0. The van der Waals surface area contributed by atoms with Crippen LogP contribution in [0.4, 0.5) is 11.4 Å². The molecule has 0 spiro atoms. The van der Waals surface area contributed by atoms with Crippen LogP contribution >= 0.6 is 11.6 Å².